The maximum atomic E-state index is 11.9. The largest absolute Gasteiger partial charge is 0.348 e. The number of hydrogen-bond donors (Lipinski definition) is 1. The van der Waals surface area contributed by atoms with Gasteiger partial charge >= 0.3 is 0 Å². The van der Waals surface area contributed by atoms with Crippen LogP contribution in [0, 0.1) is 19.8 Å². The molecule has 5 heteroatoms. The summed E-state index contributed by atoms with van der Waals surface area (Å²) in [5.41, 5.74) is 6.46. The Labute approximate surface area is 131 Å². The maximum Gasteiger partial charge on any atom is 0.271 e. The molecule has 0 atom stereocenters. The fourth-order valence-corrected chi connectivity index (χ4v) is 2.33. The second-order valence-electron chi connectivity index (χ2n) is 5.77. The van der Waals surface area contributed by atoms with E-state index in [4.69, 9.17) is 0 Å². The number of carbonyl (C=O) groups excluding carboxylic acids is 1. The Kier molecular flexibility index (Phi) is 5.09. The maximum absolute atomic E-state index is 11.9. The van der Waals surface area contributed by atoms with Crippen LogP contribution in [-0.2, 0) is 6.54 Å². The van der Waals surface area contributed by atoms with Crippen LogP contribution in [0.4, 0.5) is 0 Å². The molecule has 116 valence electrons. The van der Waals surface area contributed by atoms with Crippen LogP contribution in [0.15, 0.2) is 35.7 Å². The van der Waals surface area contributed by atoms with Crippen LogP contribution in [0.25, 0.3) is 0 Å². The zero-order valence-corrected chi connectivity index (χ0v) is 13.5. The Balaban J connectivity index is 2.06. The third-order valence-electron chi connectivity index (χ3n) is 3.47. The van der Waals surface area contributed by atoms with Gasteiger partial charge in [0, 0.05) is 41.5 Å². The van der Waals surface area contributed by atoms with Gasteiger partial charge in [-0.25, -0.2) is 5.43 Å². The summed E-state index contributed by atoms with van der Waals surface area (Å²) in [6, 6.07) is 5.39. The Morgan fingerprint density at radius 1 is 1.36 bits per heavy atom. The monoisotopic (exact) mass is 298 g/mol. The van der Waals surface area contributed by atoms with E-state index in [1.807, 2.05) is 0 Å². The summed E-state index contributed by atoms with van der Waals surface area (Å²) < 4.78 is 2.27. The van der Waals surface area contributed by atoms with E-state index < -0.39 is 0 Å². The zero-order chi connectivity index (χ0) is 16.1. The smallest absolute Gasteiger partial charge is 0.271 e. The van der Waals surface area contributed by atoms with E-state index in [0.29, 0.717) is 11.5 Å². The molecule has 0 saturated heterocycles. The molecule has 1 amide bonds. The fourth-order valence-electron chi connectivity index (χ4n) is 2.33. The highest BCUT2D eigenvalue weighted by molar-refractivity contribution is 5.94. The molecular weight excluding hydrogens is 276 g/mol. The van der Waals surface area contributed by atoms with Crippen molar-refractivity contribution in [2.45, 2.75) is 34.2 Å². The van der Waals surface area contributed by atoms with Crippen LogP contribution in [0.2, 0.25) is 0 Å². The minimum Gasteiger partial charge on any atom is -0.348 e. The number of amides is 1. The number of aromatic nitrogens is 2. The molecule has 0 aromatic carbocycles. The Morgan fingerprint density at radius 3 is 2.68 bits per heavy atom. The van der Waals surface area contributed by atoms with Gasteiger partial charge in [-0.2, -0.15) is 5.10 Å². The highest BCUT2D eigenvalue weighted by Gasteiger charge is 2.09. The van der Waals surface area contributed by atoms with Crippen LogP contribution in [0.5, 0.6) is 0 Å². The minimum atomic E-state index is -0.241. The Hall–Kier alpha value is -2.43. The summed E-state index contributed by atoms with van der Waals surface area (Å²) in [5, 5.41) is 4.05. The molecule has 2 rings (SSSR count). The number of rotatable bonds is 5. The third kappa shape index (κ3) is 3.81. The molecule has 0 bridgehead atoms. The number of nitrogens with one attached hydrogen (secondary N) is 1. The fraction of sp³-hybridized carbons (Fsp3) is 0.353. The minimum absolute atomic E-state index is 0.241. The van der Waals surface area contributed by atoms with Crippen LogP contribution < -0.4 is 5.43 Å². The molecule has 0 unspecified atom stereocenters. The van der Waals surface area contributed by atoms with Crippen molar-refractivity contribution in [2.24, 2.45) is 11.0 Å². The second-order valence-corrected chi connectivity index (χ2v) is 5.77. The van der Waals surface area contributed by atoms with Gasteiger partial charge in [0.1, 0.15) is 0 Å². The molecule has 0 fully saturated rings. The van der Waals surface area contributed by atoms with E-state index in [2.05, 4.69) is 53.8 Å². The van der Waals surface area contributed by atoms with Crippen molar-refractivity contribution in [1.29, 1.82) is 0 Å². The molecule has 22 heavy (non-hydrogen) atoms. The van der Waals surface area contributed by atoms with Crippen molar-refractivity contribution in [1.82, 2.24) is 15.0 Å². The van der Waals surface area contributed by atoms with Gasteiger partial charge in [-0.3, -0.25) is 9.78 Å². The SMILES string of the molecule is Cc1cc(/C=N\NC(=O)c2ccncc2)c(C)n1CC(C)C. The quantitative estimate of drug-likeness (QED) is 0.681. The van der Waals surface area contributed by atoms with E-state index in [0.717, 1.165) is 17.8 Å². The average molecular weight is 298 g/mol. The van der Waals surface area contributed by atoms with Gasteiger partial charge in [-0.05, 0) is 38.0 Å². The zero-order valence-electron chi connectivity index (χ0n) is 13.5. The molecule has 2 heterocycles. The second kappa shape index (κ2) is 7.02. The Bertz CT molecular complexity index is 671. The van der Waals surface area contributed by atoms with Crippen molar-refractivity contribution >= 4 is 12.1 Å². The number of hydrazone groups is 1. The first-order chi connectivity index (χ1) is 10.5. The predicted octanol–water partition coefficient (Wildman–Crippen LogP) is 2.92. The molecule has 2 aromatic heterocycles. The van der Waals surface area contributed by atoms with Crippen molar-refractivity contribution in [3.63, 3.8) is 0 Å². The normalized spacial score (nSPS) is 11.3. The predicted molar refractivity (Wildman–Crippen MR) is 88.0 cm³/mol. The standard InChI is InChI=1S/C17H22N4O/c1-12(2)11-21-13(3)9-16(14(21)4)10-19-20-17(22)15-5-7-18-8-6-15/h5-10,12H,11H2,1-4H3,(H,20,22)/b19-10-. The first kappa shape index (κ1) is 15.9. The highest BCUT2D eigenvalue weighted by atomic mass is 16.2. The lowest BCUT2D eigenvalue weighted by Crippen LogP contribution is -2.17. The van der Waals surface area contributed by atoms with Crippen LogP contribution in [0.3, 0.4) is 0 Å². The van der Waals surface area contributed by atoms with Gasteiger partial charge in [0.25, 0.3) is 5.91 Å². The number of aryl methyl sites for hydroxylation is 1. The molecule has 0 aliphatic carbocycles. The molecule has 1 N–H and O–H groups in total. The number of hydrogen-bond acceptors (Lipinski definition) is 3. The molecule has 0 spiro atoms. The lowest BCUT2D eigenvalue weighted by Gasteiger charge is -2.11. The van der Waals surface area contributed by atoms with Crippen LogP contribution >= 0.6 is 0 Å². The molecular formula is C17H22N4O. The van der Waals surface area contributed by atoms with E-state index in [1.165, 1.54) is 5.69 Å². The van der Waals surface area contributed by atoms with Crippen molar-refractivity contribution < 1.29 is 4.79 Å². The summed E-state index contributed by atoms with van der Waals surface area (Å²) in [6.45, 7) is 9.53. The number of pyridine rings is 1. The summed E-state index contributed by atoms with van der Waals surface area (Å²) in [5.74, 6) is 0.343. The third-order valence-corrected chi connectivity index (χ3v) is 3.47. The van der Waals surface area contributed by atoms with Crippen molar-refractivity contribution in [3.05, 3.63) is 53.1 Å². The van der Waals surface area contributed by atoms with E-state index in [1.54, 1.807) is 30.7 Å². The van der Waals surface area contributed by atoms with Crippen molar-refractivity contribution in [3.8, 4) is 0 Å². The topological polar surface area (TPSA) is 59.3 Å². The summed E-state index contributed by atoms with van der Waals surface area (Å²) in [6.07, 6.45) is 4.86. The first-order valence-corrected chi connectivity index (χ1v) is 7.39. The van der Waals surface area contributed by atoms with E-state index in [-0.39, 0.29) is 5.91 Å². The first-order valence-electron chi connectivity index (χ1n) is 7.39. The summed E-state index contributed by atoms with van der Waals surface area (Å²) in [4.78, 5) is 15.8. The van der Waals surface area contributed by atoms with Crippen molar-refractivity contribution in [2.75, 3.05) is 0 Å². The number of nitrogens with zero attached hydrogens (tertiary/aromatic N) is 3. The lowest BCUT2D eigenvalue weighted by molar-refractivity contribution is 0.0955. The molecule has 2 aromatic rings. The van der Waals surface area contributed by atoms with Gasteiger partial charge in [-0.1, -0.05) is 13.8 Å². The Morgan fingerprint density at radius 2 is 2.05 bits per heavy atom. The molecule has 0 saturated carbocycles. The summed E-state index contributed by atoms with van der Waals surface area (Å²) in [7, 11) is 0. The average Bonchev–Trinajstić information content (AvgIpc) is 2.75. The van der Waals surface area contributed by atoms with Gasteiger partial charge in [0.15, 0.2) is 0 Å². The van der Waals surface area contributed by atoms with E-state index >= 15 is 0 Å². The number of carbonyl (C=O) groups is 1. The van der Waals surface area contributed by atoms with Gasteiger partial charge in [0.2, 0.25) is 0 Å². The van der Waals surface area contributed by atoms with Gasteiger partial charge in [-0.15, -0.1) is 0 Å². The van der Waals surface area contributed by atoms with Crippen LogP contribution in [-0.4, -0.2) is 21.7 Å². The summed E-state index contributed by atoms with van der Waals surface area (Å²) >= 11 is 0. The molecule has 0 aliphatic heterocycles. The molecule has 0 aliphatic rings. The lowest BCUT2D eigenvalue weighted by atomic mass is 10.2. The molecule has 0 radical (unpaired) electrons. The molecule has 5 nitrogen and oxygen atoms in total. The highest BCUT2D eigenvalue weighted by Crippen LogP contribution is 2.15. The van der Waals surface area contributed by atoms with E-state index in [9.17, 15) is 4.79 Å². The van der Waals surface area contributed by atoms with Gasteiger partial charge in [0.05, 0.1) is 6.21 Å². The van der Waals surface area contributed by atoms with Gasteiger partial charge < -0.3 is 4.57 Å². The van der Waals surface area contributed by atoms with Crippen LogP contribution in [0.1, 0.15) is 41.2 Å².